The Balaban J connectivity index is 1.88. The summed E-state index contributed by atoms with van der Waals surface area (Å²) in [7, 11) is 1.39. The third-order valence-electron chi connectivity index (χ3n) is 6.75. The third kappa shape index (κ3) is 2.76. The Hall–Kier alpha value is -1.06. The van der Waals surface area contributed by atoms with E-state index in [1.54, 1.807) is 0 Å². The van der Waals surface area contributed by atoms with Crippen molar-refractivity contribution >= 4 is 11.9 Å². The van der Waals surface area contributed by atoms with Crippen molar-refractivity contribution in [2.24, 2.45) is 27.6 Å². The van der Waals surface area contributed by atoms with Crippen molar-refractivity contribution in [2.75, 3.05) is 7.11 Å². The molecule has 0 heterocycles. The summed E-state index contributed by atoms with van der Waals surface area (Å²) in [6.07, 6.45) is 6.58. The van der Waals surface area contributed by atoms with Gasteiger partial charge in [0, 0.05) is 0 Å². The number of hydrogen-bond donors (Lipinski definition) is 1. The van der Waals surface area contributed by atoms with Crippen LogP contribution in [0.15, 0.2) is 0 Å². The fourth-order valence-corrected chi connectivity index (χ4v) is 7.45. The number of methoxy groups -OCH3 is 1. The van der Waals surface area contributed by atoms with E-state index < -0.39 is 6.04 Å². The zero-order chi connectivity index (χ0) is 18.0. The van der Waals surface area contributed by atoms with E-state index in [4.69, 9.17) is 4.74 Å². The first kappa shape index (κ1) is 17.8. The van der Waals surface area contributed by atoms with Crippen LogP contribution < -0.4 is 5.32 Å². The Kier molecular flexibility index (Phi) is 3.86. The lowest BCUT2D eigenvalue weighted by atomic mass is 9.36. The van der Waals surface area contributed by atoms with Gasteiger partial charge in [0.05, 0.1) is 12.5 Å². The van der Waals surface area contributed by atoms with E-state index in [1.807, 2.05) is 13.8 Å². The first-order valence-electron chi connectivity index (χ1n) is 9.33. The Morgan fingerprint density at radius 2 is 1.29 bits per heavy atom. The number of amides is 1. The topological polar surface area (TPSA) is 55.4 Å². The molecule has 1 N–H and O–H groups in total. The molecular formula is C20H33NO3. The van der Waals surface area contributed by atoms with Crippen molar-refractivity contribution in [3.8, 4) is 0 Å². The highest BCUT2D eigenvalue weighted by molar-refractivity contribution is 5.88. The SMILES string of the molecule is COC(=O)[C@@H](NC(=O)C12CC3(C)CC(C)(CC(C)(C3)C1)C2)C(C)C. The largest absolute Gasteiger partial charge is 0.467 e. The molecule has 0 radical (unpaired) electrons. The second-order valence-corrected chi connectivity index (χ2v) is 10.5. The number of rotatable bonds is 4. The van der Waals surface area contributed by atoms with Crippen LogP contribution in [0, 0.1) is 27.6 Å². The van der Waals surface area contributed by atoms with Crippen molar-refractivity contribution < 1.29 is 14.3 Å². The fourth-order valence-electron chi connectivity index (χ4n) is 7.45. The first-order valence-corrected chi connectivity index (χ1v) is 9.33. The van der Waals surface area contributed by atoms with Crippen LogP contribution in [0.1, 0.15) is 73.1 Å². The summed E-state index contributed by atoms with van der Waals surface area (Å²) >= 11 is 0. The average Bonchev–Trinajstić information content (AvgIpc) is 2.37. The molecule has 1 amide bonds. The van der Waals surface area contributed by atoms with Gasteiger partial charge in [0.15, 0.2) is 0 Å². The molecule has 1 atom stereocenters. The van der Waals surface area contributed by atoms with Crippen LogP contribution in [-0.4, -0.2) is 25.0 Å². The van der Waals surface area contributed by atoms with Crippen LogP contribution in [0.25, 0.3) is 0 Å². The highest BCUT2D eigenvalue weighted by Crippen LogP contribution is 2.73. The van der Waals surface area contributed by atoms with Gasteiger partial charge in [-0.15, -0.1) is 0 Å². The van der Waals surface area contributed by atoms with E-state index >= 15 is 0 Å². The van der Waals surface area contributed by atoms with Gasteiger partial charge in [-0.05, 0) is 60.7 Å². The molecule has 24 heavy (non-hydrogen) atoms. The molecule has 0 spiro atoms. The minimum absolute atomic E-state index is 0.0251. The van der Waals surface area contributed by atoms with Crippen LogP contribution in [0.4, 0.5) is 0 Å². The molecule has 4 saturated carbocycles. The predicted octanol–water partition coefficient (Wildman–Crippen LogP) is 3.69. The molecule has 4 bridgehead atoms. The Labute approximate surface area is 146 Å². The lowest BCUT2D eigenvalue weighted by Crippen LogP contribution is -2.64. The fraction of sp³-hybridized carbons (Fsp3) is 0.900. The minimum atomic E-state index is -0.552. The smallest absolute Gasteiger partial charge is 0.328 e. The highest BCUT2D eigenvalue weighted by atomic mass is 16.5. The van der Waals surface area contributed by atoms with Crippen LogP contribution in [0.5, 0.6) is 0 Å². The number of hydrogen-bond acceptors (Lipinski definition) is 3. The summed E-state index contributed by atoms with van der Waals surface area (Å²) in [4.78, 5) is 25.4. The zero-order valence-corrected chi connectivity index (χ0v) is 16.1. The van der Waals surface area contributed by atoms with E-state index in [9.17, 15) is 9.59 Å². The molecule has 0 aliphatic heterocycles. The summed E-state index contributed by atoms with van der Waals surface area (Å²) in [6, 6.07) is -0.552. The predicted molar refractivity (Wildman–Crippen MR) is 93.2 cm³/mol. The van der Waals surface area contributed by atoms with Crippen LogP contribution in [-0.2, 0) is 14.3 Å². The second-order valence-electron chi connectivity index (χ2n) is 10.5. The normalized spacial score (nSPS) is 44.5. The lowest BCUT2D eigenvalue weighted by molar-refractivity contribution is -0.192. The quantitative estimate of drug-likeness (QED) is 0.797. The maximum Gasteiger partial charge on any atom is 0.328 e. The van der Waals surface area contributed by atoms with Gasteiger partial charge in [0.2, 0.25) is 5.91 Å². The zero-order valence-electron chi connectivity index (χ0n) is 16.1. The molecular weight excluding hydrogens is 302 g/mol. The van der Waals surface area contributed by atoms with E-state index in [1.165, 1.54) is 26.4 Å². The number of carbonyl (C=O) groups is 2. The second kappa shape index (κ2) is 5.22. The summed E-state index contributed by atoms with van der Waals surface area (Å²) in [5.41, 5.74) is 0.463. The molecule has 0 aromatic carbocycles. The van der Waals surface area contributed by atoms with Crippen molar-refractivity contribution in [3.05, 3.63) is 0 Å². The standard InChI is InChI=1S/C20H33NO3/c1-13(2)14(15(22)24-6)21-16(23)20-10-17(3)7-18(4,11-20)9-19(5,8-17)12-20/h13-14H,7-12H2,1-6H3,(H,21,23)/t14-,17?,18?,19?,20?/m0/s1. The molecule has 4 aliphatic rings. The van der Waals surface area contributed by atoms with Crippen molar-refractivity contribution in [3.63, 3.8) is 0 Å². The molecule has 136 valence electrons. The molecule has 0 aromatic rings. The van der Waals surface area contributed by atoms with Gasteiger partial charge in [-0.1, -0.05) is 34.6 Å². The van der Waals surface area contributed by atoms with E-state index in [0.717, 1.165) is 19.3 Å². The van der Waals surface area contributed by atoms with Gasteiger partial charge >= 0.3 is 5.97 Å². The summed E-state index contributed by atoms with van der Waals surface area (Å²) in [5, 5.41) is 3.06. The molecule has 4 nitrogen and oxygen atoms in total. The summed E-state index contributed by atoms with van der Waals surface area (Å²) < 4.78 is 4.90. The Bertz CT molecular complexity index is 514. The van der Waals surface area contributed by atoms with Crippen molar-refractivity contribution in [1.82, 2.24) is 5.32 Å². The van der Waals surface area contributed by atoms with E-state index in [-0.39, 0.29) is 39.5 Å². The first-order chi connectivity index (χ1) is 10.9. The summed E-state index contributed by atoms with van der Waals surface area (Å²) in [6.45, 7) is 11.0. The maximum atomic E-state index is 13.3. The van der Waals surface area contributed by atoms with E-state index in [0.29, 0.717) is 0 Å². The van der Waals surface area contributed by atoms with Gasteiger partial charge in [0.1, 0.15) is 6.04 Å². The number of carbonyl (C=O) groups excluding carboxylic acids is 2. The number of esters is 1. The molecule has 0 saturated heterocycles. The number of ether oxygens (including phenoxy) is 1. The molecule has 0 aromatic heterocycles. The summed E-state index contributed by atoms with van der Waals surface area (Å²) in [5.74, 6) is -0.238. The van der Waals surface area contributed by atoms with Crippen molar-refractivity contribution in [2.45, 2.75) is 79.2 Å². The van der Waals surface area contributed by atoms with Crippen LogP contribution in [0.2, 0.25) is 0 Å². The van der Waals surface area contributed by atoms with Gasteiger partial charge in [-0.3, -0.25) is 4.79 Å². The molecule has 4 fully saturated rings. The molecule has 4 rings (SSSR count). The Morgan fingerprint density at radius 1 is 0.875 bits per heavy atom. The monoisotopic (exact) mass is 335 g/mol. The molecule has 4 heteroatoms. The molecule has 4 aliphatic carbocycles. The van der Waals surface area contributed by atoms with Crippen LogP contribution in [0.3, 0.4) is 0 Å². The van der Waals surface area contributed by atoms with Gasteiger partial charge in [0.25, 0.3) is 0 Å². The third-order valence-corrected chi connectivity index (χ3v) is 6.75. The van der Waals surface area contributed by atoms with Gasteiger partial charge < -0.3 is 10.1 Å². The highest BCUT2D eigenvalue weighted by Gasteiger charge is 2.66. The van der Waals surface area contributed by atoms with Gasteiger partial charge in [-0.2, -0.15) is 0 Å². The molecule has 0 unspecified atom stereocenters. The van der Waals surface area contributed by atoms with Crippen LogP contribution >= 0.6 is 0 Å². The number of nitrogens with one attached hydrogen (secondary N) is 1. The lowest BCUT2D eigenvalue weighted by Gasteiger charge is -2.68. The Morgan fingerprint density at radius 3 is 1.62 bits per heavy atom. The van der Waals surface area contributed by atoms with E-state index in [2.05, 4.69) is 26.1 Å². The van der Waals surface area contributed by atoms with Crippen molar-refractivity contribution in [1.29, 1.82) is 0 Å². The minimum Gasteiger partial charge on any atom is -0.467 e. The van der Waals surface area contributed by atoms with Gasteiger partial charge in [-0.25, -0.2) is 4.79 Å². The maximum absolute atomic E-state index is 13.3. The average molecular weight is 335 g/mol.